The van der Waals surface area contributed by atoms with Crippen molar-refractivity contribution in [2.75, 3.05) is 26.7 Å². The van der Waals surface area contributed by atoms with Gasteiger partial charge < -0.3 is 15.5 Å². The lowest BCUT2D eigenvalue weighted by Crippen LogP contribution is -2.48. The van der Waals surface area contributed by atoms with E-state index in [-0.39, 0.29) is 35.4 Å². The summed E-state index contributed by atoms with van der Waals surface area (Å²) in [5.74, 6) is 1.63. The normalized spacial score (nSPS) is 19.8. The molecule has 0 bridgehead atoms. The van der Waals surface area contributed by atoms with Crippen molar-refractivity contribution in [3.8, 4) is 0 Å². The van der Waals surface area contributed by atoms with Crippen molar-refractivity contribution in [2.24, 2.45) is 10.9 Å². The van der Waals surface area contributed by atoms with Crippen molar-refractivity contribution < 1.29 is 4.79 Å². The predicted octanol–water partition coefficient (Wildman–Crippen LogP) is 2.22. The van der Waals surface area contributed by atoms with Crippen LogP contribution in [0.4, 0.5) is 0 Å². The van der Waals surface area contributed by atoms with Crippen molar-refractivity contribution in [2.45, 2.75) is 52.5 Å². The van der Waals surface area contributed by atoms with Gasteiger partial charge in [0.2, 0.25) is 5.91 Å². The second-order valence-corrected chi connectivity index (χ2v) is 6.71. The van der Waals surface area contributed by atoms with Gasteiger partial charge in [-0.2, -0.15) is 0 Å². The van der Waals surface area contributed by atoms with Crippen LogP contribution in [0.1, 0.15) is 47.0 Å². The van der Waals surface area contributed by atoms with E-state index in [2.05, 4.69) is 43.3 Å². The molecule has 2 N–H and O–H groups in total. The Hall–Kier alpha value is -0.530. The number of guanidine groups is 1. The monoisotopic (exact) mass is 410 g/mol. The molecule has 1 unspecified atom stereocenters. The van der Waals surface area contributed by atoms with Crippen LogP contribution in [0, 0.1) is 5.92 Å². The summed E-state index contributed by atoms with van der Waals surface area (Å²) < 4.78 is 0. The fraction of sp³-hybridized carbons (Fsp3) is 0.867. The molecule has 0 spiro atoms. The highest BCUT2D eigenvalue weighted by Crippen LogP contribution is 2.15. The fourth-order valence-electron chi connectivity index (χ4n) is 2.40. The van der Waals surface area contributed by atoms with Crippen molar-refractivity contribution in [3.05, 3.63) is 0 Å². The molecule has 1 amide bonds. The van der Waals surface area contributed by atoms with Gasteiger partial charge in [-0.1, -0.05) is 6.92 Å². The first-order valence-electron chi connectivity index (χ1n) is 7.58. The molecule has 1 aliphatic rings. The Bertz CT molecular complexity index is 352. The number of rotatable bonds is 3. The molecule has 0 aliphatic carbocycles. The number of halogens is 1. The van der Waals surface area contributed by atoms with Gasteiger partial charge in [-0.05, 0) is 39.5 Å². The number of piperidine rings is 1. The van der Waals surface area contributed by atoms with Crippen LogP contribution < -0.4 is 10.6 Å². The molecule has 21 heavy (non-hydrogen) atoms. The lowest BCUT2D eigenvalue weighted by Gasteiger charge is -2.31. The van der Waals surface area contributed by atoms with E-state index >= 15 is 0 Å². The largest absolute Gasteiger partial charge is 0.356 e. The third-order valence-electron chi connectivity index (χ3n) is 3.36. The van der Waals surface area contributed by atoms with Crippen molar-refractivity contribution in [1.82, 2.24) is 15.5 Å². The quantitative estimate of drug-likeness (QED) is 0.426. The first kappa shape index (κ1) is 20.5. The third-order valence-corrected chi connectivity index (χ3v) is 3.36. The van der Waals surface area contributed by atoms with Crippen molar-refractivity contribution in [1.29, 1.82) is 0 Å². The number of likely N-dealkylation sites (tertiary alicyclic amines) is 1. The Balaban J connectivity index is 0.00000400. The van der Waals surface area contributed by atoms with Crippen LogP contribution in [-0.4, -0.2) is 49.0 Å². The zero-order valence-corrected chi connectivity index (χ0v) is 16.4. The maximum atomic E-state index is 12.1. The van der Waals surface area contributed by atoms with E-state index in [9.17, 15) is 4.79 Å². The Kier molecular flexibility index (Phi) is 9.24. The molecule has 0 aromatic heterocycles. The van der Waals surface area contributed by atoms with Crippen LogP contribution in [0.3, 0.4) is 0 Å². The summed E-state index contributed by atoms with van der Waals surface area (Å²) in [7, 11) is 1.75. The highest BCUT2D eigenvalue weighted by atomic mass is 127. The van der Waals surface area contributed by atoms with E-state index < -0.39 is 0 Å². The van der Waals surface area contributed by atoms with Gasteiger partial charge in [0, 0.05) is 38.6 Å². The summed E-state index contributed by atoms with van der Waals surface area (Å²) in [4.78, 5) is 18.3. The van der Waals surface area contributed by atoms with Crippen LogP contribution in [0.5, 0.6) is 0 Å². The van der Waals surface area contributed by atoms with E-state index in [0.29, 0.717) is 18.9 Å². The van der Waals surface area contributed by atoms with Gasteiger partial charge >= 0.3 is 0 Å². The van der Waals surface area contributed by atoms with Crippen molar-refractivity contribution >= 4 is 35.8 Å². The second kappa shape index (κ2) is 9.48. The summed E-state index contributed by atoms with van der Waals surface area (Å²) in [6, 6.07) is 0. The standard InChI is InChI=1S/C15H30N4O.HI/c1-12-7-6-10-19(11-12)13(20)8-9-17-14(16-5)18-15(2,3)4;/h12H,6-11H2,1-5H3,(H2,16,17,18);1H. The molecule has 1 atom stereocenters. The molecule has 1 aliphatic heterocycles. The van der Waals surface area contributed by atoms with E-state index in [0.717, 1.165) is 25.5 Å². The predicted molar refractivity (Wildman–Crippen MR) is 99.3 cm³/mol. The first-order chi connectivity index (χ1) is 9.31. The van der Waals surface area contributed by atoms with Gasteiger partial charge in [0.05, 0.1) is 0 Å². The van der Waals surface area contributed by atoms with Gasteiger partial charge in [-0.15, -0.1) is 24.0 Å². The average molecular weight is 410 g/mol. The third kappa shape index (κ3) is 8.48. The van der Waals surface area contributed by atoms with Gasteiger partial charge in [0.15, 0.2) is 5.96 Å². The van der Waals surface area contributed by atoms with E-state index in [1.165, 1.54) is 6.42 Å². The molecule has 0 radical (unpaired) electrons. The minimum absolute atomic E-state index is 0. The maximum absolute atomic E-state index is 12.1. The number of hydrogen-bond donors (Lipinski definition) is 2. The lowest BCUT2D eigenvalue weighted by molar-refractivity contribution is -0.132. The summed E-state index contributed by atoms with van der Waals surface area (Å²) in [5, 5.41) is 6.48. The minimum Gasteiger partial charge on any atom is -0.356 e. The first-order valence-corrected chi connectivity index (χ1v) is 7.58. The highest BCUT2D eigenvalue weighted by molar-refractivity contribution is 14.0. The van der Waals surface area contributed by atoms with Crippen LogP contribution in [0.15, 0.2) is 4.99 Å². The molecule has 1 rings (SSSR count). The molecule has 0 aromatic rings. The summed E-state index contributed by atoms with van der Waals surface area (Å²) >= 11 is 0. The number of carbonyl (C=O) groups excluding carboxylic acids is 1. The molecular weight excluding hydrogens is 379 g/mol. The summed E-state index contributed by atoms with van der Waals surface area (Å²) in [6.07, 6.45) is 2.90. The van der Waals surface area contributed by atoms with Gasteiger partial charge in [-0.3, -0.25) is 9.79 Å². The second-order valence-electron chi connectivity index (χ2n) is 6.71. The number of amides is 1. The van der Waals surface area contributed by atoms with Crippen LogP contribution in [-0.2, 0) is 4.79 Å². The zero-order valence-electron chi connectivity index (χ0n) is 14.0. The zero-order chi connectivity index (χ0) is 15.2. The molecule has 0 saturated carbocycles. The van der Waals surface area contributed by atoms with Crippen LogP contribution >= 0.6 is 24.0 Å². The Morgan fingerprint density at radius 3 is 2.57 bits per heavy atom. The molecular formula is C15H31IN4O. The summed E-state index contributed by atoms with van der Waals surface area (Å²) in [6.45, 7) is 10.9. The van der Waals surface area contributed by atoms with E-state index in [1.54, 1.807) is 7.05 Å². The fourth-order valence-corrected chi connectivity index (χ4v) is 2.40. The van der Waals surface area contributed by atoms with Crippen molar-refractivity contribution in [3.63, 3.8) is 0 Å². The molecule has 1 saturated heterocycles. The molecule has 5 nitrogen and oxygen atoms in total. The van der Waals surface area contributed by atoms with E-state index in [4.69, 9.17) is 0 Å². The molecule has 0 aromatic carbocycles. The van der Waals surface area contributed by atoms with E-state index in [1.807, 2.05) is 4.90 Å². The molecule has 6 heteroatoms. The maximum Gasteiger partial charge on any atom is 0.224 e. The molecule has 1 fully saturated rings. The lowest BCUT2D eigenvalue weighted by atomic mass is 10.00. The summed E-state index contributed by atoms with van der Waals surface area (Å²) in [5.41, 5.74) is -0.0336. The number of carbonyl (C=O) groups is 1. The van der Waals surface area contributed by atoms with Gasteiger partial charge in [0.1, 0.15) is 0 Å². The topological polar surface area (TPSA) is 56.7 Å². The Morgan fingerprint density at radius 2 is 2.05 bits per heavy atom. The number of nitrogens with zero attached hydrogens (tertiary/aromatic N) is 2. The highest BCUT2D eigenvalue weighted by Gasteiger charge is 2.20. The smallest absolute Gasteiger partial charge is 0.224 e. The molecule has 124 valence electrons. The number of nitrogens with one attached hydrogen (secondary N) is 2. The minimum atomic E-state index is -0.0336. The molecule has 1 heterocycles. The van der Waals surface area contributed by atoms with Crippen LogP contribution in [0.2, 0.25) is 0 Å². The average Bonchev–Trinajstić information content (AvgIpc) is 2.36. The van der Waals surface area contributed by atoms with Gasteiger partial charge in [0.25, 0.3) is 0 Å². The number of hydrogen-bond acceptors (Lipinski definition) is 2. The Labute approximate surface area is 146 Å². The van der Waals surface area contributed by atoms with Gasteiger partial charge in [-0.25, -0.2) is 0 Å². The number of aliphatic imine (C=N–C) groups is 1. The van der Waals surface area contributed by atoms with Crippen LogP contribution in [0.25, 0.3) is 0 Å². The SMILES string of the molecule is CN=C(NCCC(=O)N1CCCC(C)C1)NC(C)(C)C.I. The Morgan fingerprint density at radius 1 is 1.38 bits per heavy atom.